The number of carbonyl (C=O) groups is 2. The number of benzene rings is 1. The summed E-state index contributed by atoms with van der Waals surface area (Å²) in [6.07, 6.45) is -1.30. The summed E-state index contributed by atoms with van der Waals surface area (Å²) in [6, 6.07) is 4.41. The molecule has 0 amide bonds. The van der Waals surface area contributed by atoms with Crippen LogP contribution in [0.3, 0.4) is 0 Å². The molecule has 0 aliphatic heterocycles. The number of para-hydroxylation sites is 1. The van der Waals surface area contributed by atoms with E-state index in [0.717, 1.165) is 0 Å². The fourth-order valence-corrected chi connectivity index (χ4v) is 1.58. The Hall–Kier alpha value is -1.91. The molecule has 0 heterocycles. The van der Waals surface area contributed by atoms with Gasteiger partial charge in [0, 0.05) is 5.56 Å². The summed E-state index contributed by atoms with van der Waals surface area (Å²) in [5.41, 5.74) is 0.241. The molecule has 1 atom stereocenters. The summed E-state index contributed by atoms with van der Waals surface area (Å²) in [5.74, 6) is -1.73. The van der Waals surface area contributed by atoms with Gasteiger partial charge in [0.15, 0.2) is 0 Å². The maximum Gasteiger partial charge on any atom is 0.379 e. The number of esters is 1. The van der Waals surface area contributed by atoms with E-state index in [1.54, 1.807) is 6.92 Å². The van der Waals surface area contributed by atoms with Gasteiger partial charge in [-0.15, -0.1) is 0 Å². The van der Waals surface area contributed by atoms with Crippen LogP contribution in [0.25, 0.3) is 0 Å². The van der Waals surface area contributed by atoms with E-state index < -0.39 is 17.9 Å². The van der Waals surface area contributed by atoms with E-state index in [9.17, 15) is 14.0 Å². The van der Waals surface area contributed by atoms with E-state index in [2.05, 4.69) is 4.74 Å². The van der Waals surface area contributed by atoms with Crippen molar-refractivity contribution in [1.29, 1.82) is 0 Å². The quantitative estimate of drug-likeness (QED) is 0.460. The molecule has 0 saturated heterocycles. The lowest BCUT2D eigenvalue weighted by molar-refractivity contribution is -0.137. The van der Waals surface area contributed by atoms with E-state index in [1.807, 2.05) is 0 Å². The fraction of sp³-hybridized carbons (Fsp3) is 0.385. The average Bonchev–Trinajstić information content (AvgIpc) is 2.36. The Morgan fingerprint density at radius 1 is 1.39 bits per heavy atom. The Labute approximate surface area is 105 Å². The Kier molecular flexibility index (Phi) is 4.83. The maximum atomic E-state index is 13.4. The third-order valence-electron chi connectivity index (χ3n) is 2.38. The molecule has 0 saturated carbocycles. The predicted molar refractivity (Wildman–Crippen MR) is 63.5 cm³/mol. The molecule has 1 aromatic carbocycles. The second-order valence-electron chi connectivity index (χ2n) is 3.59. The summed E-state index contributed by atoms with van der Waals surface area (Å²) < 4.78 is 23.0. The molecule has 0 radical (unpaired) electrons. The molecule has 1 unspecified atom stereocenters. The van der Waals surface area contributed by atoms with Gasteiger partial charge in [-0.25, -0.2) is 9.18 Å². The van der Waals surface area contributed by atoms with Gasteiger partial charge in [0.2, 0.25) is 0 Å². The zero-order chi connectivity index (χ0) is 13.7. The number of hydrogen-bond acceptors (Lipinski definition) is 4. The van der Waals surface area contributed by atoms with Crippen LogP contribution >= 0.6 is 0 Å². The van der Waals surface area contributed by atoms with Gasteiger partial charge in [-0.1, -0.05) is 12.1 Å². The number of rotatable bonds is 5. The minimum Gasteiger partial charge on any atom is -0.496 e. The van der Waals surface area contributed by atoms with Gasteiger partial charge < -0.3 is 9.47 Å². The van der Waals surface area contributed by atoms with Gasteiger partial charge >= 0.3 is 5.97 Å². The van der Waals surface area contributed by atoms with E-state index in [-0.39, 0.29) is 23.5 Å². The molecule has 0 aliphatic rings. The van der Waals surface area contributed by atoms with Crippen LogP contribution < -0.4 is 4.74 Å². The smallest absolute Gasteiger partial charge is 0.379 e. The van der Waals surface area contributed by atoms with Crippen LogP contribution in [0.15, 0.2) is 18.2 Å². The molecule has 1 rings (SSSR count). The van der Waals surface area contributed by atoms with Crippen LogP contribution in [-0.2, 0) is 9.53 Å². The Bertz CT molecular complexity index is 454. The minimum atomic E-state index is -1.30. The average molecular weight is 254 g/mol. The van der Waals surface area contributed by atoms with Gasteiger partial charge in [0.1, 0.15) is 11.9 Å². The molecule has 0 aromatic heterocycles. The summed E-state index contributed by atoms with van der Waals surface area (Å²) in [4.78, 5) is 23.2. The normalized spacial score (nSPS) is 11.8. The topological polar surface area (TPSA) is 52.6 Å². The Morgan fingerprint density at radius 3 is 2.56 bits per heavy atom. The van der Waals surface area contributed by atoms with Crippen molar-refractivity contribution in [3.8, 4) is 5.75 Å². The molecule has 0 N–H and O–H groups in total. The lowest BCUT2D eigenvalue weighted by Gasteiger charge is -2.13. The van der Waals surface area contributed by atoms with Crippen LogP contribution in [0.1, 0.15) is 35.9 Å². The molecule has 0 bridgehead atoms. The molecule has 98 valence electrons. The van der Waals surface area contributed by atoms with Crippen molar-refractivity contribution in [3.63, 3.8) is 0 Å². The number of carbonyl (C=O) groups excluding carboxylic acids is 2. The van der Waals surface area contributed by atoms with Gasteiger partial charge in [-0.05, 0) is 19.9 Å². The number of alkyl halides is 1. The highest BCUT2D eigenvalue weighted by molar-refractivity contribution is 6.41. The SMILES string of the molecule is CCOC(=O)C(=O)c1cccc(C(C)F)c1OC. The Balaban J connectivity index is 3.20. The first-order chi connectivity index (χ1) is 8.52. The zero-order valence-corrected chi connectivity index (χ0v) is 10.5. The number of ketones is 1. The van der Waals surface area contributed by atoms with Crippen molar-refractivity contribution >= 4 is 11.8 Å². The summed E-state index contributed by atoms with van der Waals surface area (Å²) in [6.45, 7) is 3.03. The lowest BCUT2D eigenvalue weighted by Crippen LogP contribution is -2.18. The van der Waals surface area contributed by atoms with Crippen LogP contribution in [-0.4, -0.2) is 25.5 Å². The first-order valence-electron chi connectivity index (χ1n) is 5.55. The summed E-state index contributed by atoms with van der Waals surface area (Å²) in [5, 5.41) is 0. The van der Waals surface area contributed by atoms with Crippen LogP contribution in [0.2, 0.25) is 0 Å². The number of methoxy groups -OCH3 is 1. The van der Waals surface area contributed by atoms with E-state index in [0.29, 0.717) is 0 Å². The van der Waals surface area contributed by atoms with Gasteiger partial charge in [-0.3, -0.25) is 4.79 Å². The molecule has 0 spiro atoms. The lowest BCUT2D eigenvalue weighted by atomic mass is 10.0. The minimum absolute atomic E-state index is 0.0120. The highest BCUT2D eigenvalue weighted by atomic mass is 19.1. The van der Waals surface area contributed by atoms with Crippen molar-refractivity contribution < 1.29 is 23.5 Å². The summed E-state index contributed by atoms with van der Waals surface area (Å²) in [7, 11) is 1.32. The highest BCUT2D eigenvalue weighted by Crippen LogP contribution is 2.31. The van der Waals surface area contributed by atoms with Crippen molar-refractivity contribution in [3.05, 3.63) is 29.3 Å². The fourth-order valence-electron chi connectivity index (χ4n) is 1.58. The van der Waals surface area contributed by atoms with Crippen molar-refractivity contribution in [2.24, 2.45) is 0 Å². The first kappa shape index (κ1) is 14.2. The summed E-state index contributed by atoms with van der Waals surface area (Å²) >= 11 is 0. The molecular weight excluding hydrogens is 239 g/mol. The van der Waals surface area contributed by atoms with Gasteiger partial charge in [-0.2, -0.15) is 0 Å². The van der Waals surface area contributed by atoms with E-state index in [1.165, 1.54) is 32.2 Å². The number of halogens is 1. The van der Waals surface area contributed by atoms with Crippen molar-refractivity contribution in [2.75, 3.05) is 13.7 Å². The van der Waals surface area contributed by atoms with Crippen molar-refractivity contribution in [1.82, 2.24) is 0 Å². The van der Waals surface area contributed by atoms with Crippen LogP contribution in [0.5, 0.6) is 5.75 Å². The van der Waals surface area contributed by atoms with E-state index in [4.69, 9.17) is 4.74 Å². The van der Waals surface area contributed by atoms with Crippen LogP contribution in [0.4, 0.5) is 4.39 Å². The largest absolute Gasteiger partial charge is 0.496 e. The molecule has 4 nitrogen and oxygen atoms in total. The van der Waals surface area contributed by atoms with Crippen molar-refractivity contribution in [2.45, 2.75) is 20.0 Å². The monoisotopic (exact) mass is 254 g/mol. The van der Waals surface area contributed by atoms with E-state index >= 15 is 0 Å². The third kappa shape index (κ3) is 2.85. The van der Waals surface area contributed by atoms with Gasteiger partial charge in [0.05, 0.1) is 19.3 Å². The molecule has 0 aliphatic carbocycles. The molecular formula is C13H15FO4. The molecule has 5 heteroatoms. The zero-order valence-electron chi connectivity index (χ0n) is 10.5. The molecule has 18 heavy (non-hydrogen) atoms. The predicted octanol–water partition coefficient (Wildman–Crippen LogP) is 2.47. The maximum absolute atomic E-state index is 13.4. The molecule has 0 fully saturated rings. The second kappa shape index (κ2) is 6.14. The van der Waals surface area contributed by atoms with Gasteiger partial charge in [0.25, 0.3) is 5.78 Å². The first-order valence-corrected chi connectivity index (χ1v) is 5.55. The number of Topliss-reactive ketones (excluding diaryl/α,β-unsaturated/α-hetero) is 1. The molecule has 1 aromatic rings. The standard InChI is InChI=1S/C13H15FO4/c1-4-18-13(16)11(15)10-7-5-6-9(8(2)14)12(10)17-3/h5-8H,4H2,1-3H3. The number of hydrogen-bond donors (Lipinski definition) is 0. The highest BCUT2D eigenvalue weighted by Gasteiger charge is 2.24. The third-order valence-corrected chi connectivity index (χ3v) is 2.38. The number of ether oxygens (including phenoxy) is 2. The van der Waals surface area contributed by atoms with Crippen LogP contribution in [0, 0.1) is 0 Å². The Morgan fingerprint density at radius 2 is 2.06 bits per heavy atom. The second-order valence-corrected chi connectivity index (χ2v) is 3.59.